The average Bonchev–Trinajstić information content (AvgIpc) is 3.58. The van der Waals surface area contributed by atoms with Crippen molar-refractivity contribution in [3.63, 3.8) is 0 Å². The first-order valence-corrected chi connectivity index (χ1v) is 15.2. The van der Waals surface area contributed by atoms with Gasteiger partial charge in [0.2, 0.25) is 0 Å². The Kier molecular flexibility index (Phi) is 7.97. The fraction of sp³-hybridized carbons (Fsp3) is 0.364. The van der Waals surface area contributed by atoms with Crippen LogP contribution in [0.25, 0.3) is 22.0 Å². The van der Waals surface area contributed by atoms with Gasteiger partial charge in [0.15, 0.2) is 0 Å². The lowest BCUT2D eigenvalue weighted by Crippen LogP contribution is -2.35. The summed E-state index contributed by atoms with van der Waals surface area (Å²) in [5.74, 6) is 1.64. The van der Waals surface area contributed by atoms with E-state index in [4.69, 9.17) is 35.2 Å². The number of rotatable bonds is 9. The number of piperidine rings is 1. The molecule has 11 heteroatoms. The van der Waals surface area contributed by atoms with Gasteiger partial charge in [-0.1, -0.05) is 17.7 Å². The van der Waals surface area contributed by atoms with Crippen LogP contribution in [0.1, 0.15) is 52.5 Å². The molecule has 44 heavy (non-hydrogen) atoms. The largest absolute Gasteiger partial charge is 0.488 e. The van der Waals surface area contributed by atoms with E-state index in [0.29, 0.717) is 34.6 Å². The fourth-order valence-corrected chi connectivity index (χ4v) is 6.40. The van der Waals surface area contributed by atoms with Crippen molar-refractivity contribution in [1.82, 2.24) is 19.4 Å². The monoisotopic (exact) mass is 618 g/mol. The molecule has 0 aliphatic carbocycles. The van der Waals surface area contributed by atoms with Gasteiger partial charge in [0, 0.05) is 41.6 Å². The number of carbonyl (C=O) groups is 1. The molecule has 0 unspecified atom stereocenters. The number of hydrogen-bond donors (Lipinski definition) is 0. The third-order valence-corrected chi connectivity index (χ3v) is 9.03. The molecule has 2 aliphatic rings. The highest BCUT2D eigenvalue weighted by Crippen LogP contribution is 2.36. The zero-order valence-electron chi connectivity index (χ0n) is 24.3. The maximum atomic E-state index is 13.8. The number of halogens is 2. The van der Waals surface area contributed by atoms with E-state index < -0.39 is 6.01 Å². The summed E-state index contributed by atoms with van der Waals surface area (Å²) in [7, 11) is 1.39. The molecule has 2 aliphatic heterocycles. The van der Waals surface area contributed by atoms with Gasteiger partial charge in [0.05, 0.1) is 47.9 Å². The number of pyridine rings is 1. The van der Waals surface area contributed by atoms with E-state index in [1.165, 1.54) is 13.2 Å². The number of benzene rings is 2. The van der Waals surface area contributed by atoms with E-state index in [-0.39, 0.29) is 24.6 Å². The van der Waals surface area contributed by atoms with E-state index in [0.717, 1.165) is 72.7 Å². The molecular weight excluding hydrogens is 587 g/mol. The number of imidazole rings is 1. The Morgan fingerprint density at radius 2 is 1.98 bits per heavy atom. The lowest BCUT2D eigenvalue weighted by atomic mass is 9.90. The van der Waals surface area contributed by atoms with Gasteiger partial charge in [-0.05, 0) is 68.6 Å². The van der Waals surface area contributed by atoms with Crippen molar-refractivity contribution in [2.45, 2.75) is 51.0 Å². The zero-order valence-corrected chi connectivity index (χ0v) is 25.1. The fourth-order valence-electron chi connectivity index (χ4n) is 6.19. The van der Waals surface area contributed by atoms with Gasteiger partial charge in [-0.15, -0.1) is 0 Å². The van der Waals surface area contributed by atoms with Crippen LogP contribution in [0.3, 0.4) is 0 Å². The number of fused-ring (bicyclic) bond motifs is 2. The molecule has 0 spiro atoms. The molecule has 0 radical (unpaired) electrons. The summed E-state index contributed by atoms with van der Waals surface area (Å²) in [5.41, 5.74) is 4.46. The molecule has 5 heterocycles. The van der Waals surface area contributed by atoms with E-state index in [2.05, 4.69) is 14.5 Å². The normalized spacial score (nSPS) is 17.7. The smallest absolute Gasteiger partial charge is 0.337 e. The lowest BCUT2D eigenvalue weighted by Gasteiger charge is -2.33. The van der Waals surface area contributed by atoms with Gasteiger partial charge in [-0.3, -0.25) is 9.88 Å². The molecule has 2 aromatic carbocycles. The number of hydrogen-bond acceptors (Lipinski definition) is 8. The molecule has 2 fully saturated rings. The van der Waals surface area contributed by atoms with Crippen molar-refractivity contribution < 1.29 is 27.8 Å². The summed E-state index contributed by atoms with van der Waals surface area (Å²) in [5, 5.41) is 0.968. The van der Waals surface area contributed by atoms with Crippen LogP contribution in [0.15, 0.2) is 59.3 Å². The van der Waals surface area contributed by atoms with Crippen molar-refractivity contribution in [3.8, 4) is 5.75 Å². The zero-order chi connectivity index (χ0) is 30.2. The van der Waals surface area contributed by atoms with Crippen LogP contribution >= 0.6 is 11.6 Å². The summed E-state index contributed by atoms with van der Waals surface area (Å²) >= 11 is 6.23. The number of aromatic nitrogens is 3. The second kappa shape index (κ2) is 12.2. The number of nitrogens with zero attached hydrogens (tertiary/aromatic N) is 4. The summed E-state index contributed by atoms with van der Waals surface area (Å²) in [6.45, 7) is 4.17. The van der Waals surface area contributed by atoms with Crippen molar-refractivity contribution in [2.75, 3.05) is 26.8 Å². The van der Waals surface area contributed by atoms with Crippen molar-refractivity contribution >= 4 is 39.6 Å². The Bertz CT molecular complexity index is 1830. The molecule has 7 rings (SSSR count). The number of likely N-dealkylation sites (tertiary alicyclic amines) is 1. The van der Waals surface area contributed by atoms with Gasteiger partial charge in [0.1, 0.15) is 23.8 Å². The first-order valence-electron chi connectivity index (χ1n) is 14.8. The number of carbonyl (C=O) groups excluding carboxylic acids is 1. The highest BCUT2D eigenvalue weighted by molar-refractivity contribution is 6.35. The van der Waals surface area contributed by atoms with Crippen molar-refractivity contribution in [1.29, 1.82) is 0 Å². The molecule has 3 aromatic heterocycles. The number of esters is 1. The highest BCUT2D eigenvalue weighted by atomic mass is 35.5. The first kappa shape index (κ1) is 28.8. The molecule has 9 nitrogen and oxygen atoms in total. The van der Waals surface area contributed by atoms with Crippen LogP contribution in [-0.2, 0) is 29.2 Å². The molecule has 5 aromatic rings. The van der Waals surface area contributed by atoms with E-state index in [9.17, 15) is 9.18 Å². The van der Waals surface area contributed by atoms with Crippen LogP contribution in [0.2, 0.25) is 5.02 Å². The molecule has 0 amide bonds. The maximum Gasteiger partial charge on any atom is 0.337 e. The van der Waals surface area contributed by atoms with E-state index in [1.54, 1.807) is 24.4 Å². The van der Waals surface area contributed by atoms with Crippen LogP contribution < -0.4 is 4.74 Å². The minimum absolute atomic E-state index is 0.151. The number of methoxy groups -OCH3 is 1. The highest BCUT2D eigenvalue weighted by Gasteiger charge is 2.27. The SMILES string of the molecule is COC(=O)c1ccc2nc(CN3CCC(c4cnccc4OCc4ccc(Cl)c5cc(F)oc45)CC3)n(C[C@@H]3CCO3)c2c1. The third-order valence-electron chi connectivity index (χ3n) is 8.70. The minimum atomic E-state index is -0.677. The summed E-state index contributed by atoms with van der Waals surface area (Å²) in [6.07, 6.45) is 6.65. The summed E-state index contributed by atoms with van der Waals surface area (Å²) in [4.78, 5) is 24.0. The standard InChI is InChI=1S/C33H32ClFN4O5/c1-41-33(40)21-3-5-27-28(14-21)39(17-23-9-13-42-23)31(37-27)18-38-11-7-20(8-12-38)25-16-36-10-6-29(25)43-19-22-2-4-26(34)24-15-30(35)44-32(22)24/h2-6,10,14-16,20,23H,7-9,11-13,17-19H2,1H3/t23-/m0/s1. The van der Waals surface area contributed by atoms with Gasteiger partial charge in [-0.2, -0.15) is 4.39 Å². The van der Waals surface area contributed by atoms with Gasteiger partial charge in [0.25, 0.3) is 6.01 Å². The Morgan fingerprint density at radius 3 is 2.75 bits per heavy atom. The Morgan fingerprint density at radius 1 is 1.14 bits per heavy atom. The predicted molar refractivity (Wildman–Crippen MR) is 162 cm³/mol. The summed E-state index contributed by atoms with van der Waals surface area (Å²) < 4.78 is 38.2. The second-order valence-electron chi connectivity index (χ2n) is 11.4. The Hall–Kier alpha value is -3.99. The number of ether oxygens (including phenoxy) is 3. The molecule has 0 saturated carbocycles. The second-order valence-corrected chi connectivity index (χ2v) is 11.8. The van der Waals surface area contributed by atoms with Crippen molar-refractivity contribution in [2.24, 2.45) is 0 Å². The average molecular weight is 619 g/mol. The quantitative estimate of drug-likeness (QED) is 0.173. The molecule has 0 N–H and O–H groups in total. The molecule has 0 bridgehead atoms. The van der Waals surface area contributed by atoms with E-state index >= 15 is 0 Å². The first-order chi connectivity index (χ1) is 21.5. The topological polar surface area (TPSA) is 91.9 Å². The molecular formula is C33H32ClFN4O5. The Labute approximate surface area is 258 Å². The van der Waals surface area contributed by atoms with Gasteiger partial charge in [-0.25, -0.2) is 9.78 Å². The van der Waals surface area contributed by atoms with Crippen LogP contribution in [0.5, 0.6) is 5.75 Å². The van der Waals surface area contributed by atoms with Crippen molar-refractivity contribution in [3.05, 3.63) is 88.4 Å². The maximum absolute atomic E-state index is 13.8. The Balaban J connectivity index is 1.05. The molecule has 2 saturated heterocycles. The molecule has 228 valence electrons. The van der Waals surface area contributed by atoms with Gasteiger partial charge >= 0.3 is 5.97 Å². The summed E-state index contributed by atoms with van der Waals surface area (Å²) in [6, 6.07) is 11.5. The third kappa shape index (κ3) is 5.65. The predicted octanol–water partition coefficient (Wildman–Crippen LogP) is 6.50. The van der Waals surface area contributed by atoms with Crippen LogP contribution in [-0.4, -0.2) is 58.3 Å². The molecule has 1 atom stereocenters. The van der Waals surface area contributed by atoms with Crippen LogP contribution in [0, 0.1) is 6.01 Å². The lowest BCUT2D eigenvalue weighted by molar-refractivity contribution is -0.0592. The van der Waals surface area contributed by atoms with Gasteiger partial charge < -0.3 is 23.2 Å². The van der Waals surface area contributed by atoms with Crippen LogP contribution in [0.4, 0.5) is 4.39 Å². The number of furan rings is 1. The minimum Gasteiger partial charge on any atom is -0.488 e. The van der Waals surface area contributed by atoms with E-state index in [1.807, 2.05) is 24.4 Å².